The minimum Gasteiger partial charge on any atom is -0.394 e. The summed E-state index contributed by atoms with van der Waals surface area (Å²) in [5, 5.41) is 10.4. The molecule has 6 heteroatoms. The van der Waals surface area contributed by atoms with Gasteiger partial charge in [0.15, 0.2) is 0 Å². The number of hydrogen-bond acceptors (Lipinski definition) is 3. The summed E-state index contributed by atoms with van der Waals surface area (Å²) in [6.45, 7) is 1.36. The maximum Gasteiger partial charge on any atom is 0.223 e. The van der Waals surface area contributed by atoms with Gasteiger partial charge in [-0.15, -0.1) is 0 Å². The number of benzene rings is 1. The zero-order valence-electron chi connectivity index (χ0n) is 11.0. The minimum absolute atomic E-state index is 0.0124. The van der Waals surface area contributed by atoms with E-state index in [4.69, 9.17) is 27.9 Å². The third kappa shape index (κ3) is 3.85. The molecule has 20 heavy (non-hydrogen) atoms. The van der Waals surface area contributed by atoms with Crippen LogP contribution in [-0.4, -0.2) is 48.3 Å². The quantitative estimate of drug-likeness (QED) is 0.925. The van der Waals surface area contributed by atoms with Gasteiger partial charge in [0.25, 0.3) is 0 Å². The number of hydrogen-bond donors (Lipinski definition) is 1. The molecule has 1 aromatic rings. The fraction of sp³-hybridized carbons (Fsp3) is 0.500. The zero-order chi connectivity index (χ0) is 14.5. The Labute approximate surface area is 128 Å². The summed E-state index contributed by atoms with van der Waals surface area (Å²) in [6, 6.07) is 5.03. The highest BCUT2D eigenvalue weighted by molar-refractivity contribution is 6.35. The second kappa shape index (κ2) is 7.27. The second-order valence-corrected chi connectivity index (χ2v) is 5.58. The Hall–Kier alpha value is -0.810. The molecule has 0 saturated carbocycles. The van der Waals surface area contributed by atoms with Gasteiger partial charge in [-0.2, -0.15) is 0 Å². The molecule has 1 unspecified atom stereocenters. The average molecular weight is 318 g/mol. The van der Waals surface area contributed by atoms with Gasteiger partial charge in [0, 0.05) is 23.0 Å². The van der Waals surface area contributed by atoms with Crippen molar-refractivity contribution in [3.63, 3.8) is 0 Å². The molecule has 4 nitrogen and oxygen atoms in total. The minimum atomic E-state index is -0.239. The van der Waals surface area contributed by atoms with Gasteiger partial charge in [0.1, 0.15) is 0 Å². The van der Waals surface area contributed by atoms with E-state index >= 15 is 0 Å². The number of amides is 1. The molecule has 1 heterocycles. The van der Waals surface area contributed by atoms with Crippen molar-refractivity contribution in [1.82, 2.24) is 4.90 Å². The van der Waals surface area contributed by atoms with Crippen LogP contribution in [0.15, 0.2) is 18.2 Å². The van der Waals surface area contributed by atoms with Crippen LogP contribution >= 0.6 is 23.2 Å². The molecule has 1 aliphatic rings. The molecule has 1 fully saturated rings. The lowest BCUT2D eigenvalue weighted by Crippen LogP contribution is -2.50. The van der Waals surface area contributed by atoms with E-state index in [-0.39, 0.29) is 18.6 Å². The van der Waals surface area contributed by atoms with Crippen molar-refractivity contribution in [2.24, 2.45) is 0 Å². The van der Waals surface area contributed by atoms with Crippen LogP contribution in [0.1, 0.15) is 12.0 Å². The molecule has 0 aliphatic carbocycles. The monoisotopic (exact) mass is 317 g/mol. The van der Waals surface area contributed by atoms with Crippen molar-refractivity contribution in [3.8, 4) is 0 Å². The Morgan fingerprint density at radius 3 is 2.95 bits per heavy atom. The van der Waals surface area contributed by atoms with Gasteiger partial charge in [0.05, 0.1) is 25.9 Å². The van der Waals surface area contributed by atoms with Gasteiger partial charge in [-0.25, -0.2) is 0 Å². The Kier molecular flexibility index (Phi) is 5.66. The van der Waals surface area contributed by atoms with Crippen molar-refractivity contribution in [1.29, 1.82) is 0 Å². The zero-order valence-corrected chi connectivity index (χ0v) is 12.5. The number of carbonyl (C=O) groups is 1. The molecule has 1 aliphatic heterocycles. The molecule has 0 radical (unpaired) electrons. The molecule has 1 saturated heterocycles. The SMILES string of the molecule is O=C(CCc1ccc(Cl)cc1Cl)N1CCOCC1CO. The molecule has 1 N–H and O–H groups in total. The number of halogens is 2. The largest absolute Gasteiger partial charge is 0.394 e. The highest BCUT2D eigenvalue weighted by Crippen LogP contribution is 2.22. The Morgan fingerprint density at radius 1 is 1.45 bits per heavy atom. The highest BCUT2D eigenvalue weighted by atomic mass is 35.5. The van der Waals surface area contributed by atoms with Gasteiger partial charge < -0.3 is 14.7 Å². The standard InChI is InChI=1S/C14H17Cl2NO3/c15-11-3-1-10(13(16)7-11)2-4-14(19)17-5-6-20-9-12(17)8-18/h1,3,7,12,18H,2,4-6,8-9H2. The van der Waals surface area contributed by atoms with Crippen molar-refractivity contribution in [2.75, 3.05) is 26.4 Å². The summed E-state index contributed by atoms with van der Waals surface area (Å²) < 4.78 is 5.26. The van der Waals surface area contributed by atoms with Crippen LogP contribution in [0.4, 0.5) is 0 Å². The van der Waals surface area contributed by atoms with Crippen molar-refractivity contribution in [2.45, 2.75) is 18.9 Å². The smallest absolute Gasteiger partial charge is 0.223 e. The van der Waals surface area contributed by atoms with Crippen LogP contribution in [0, 0.1) is 0 Å². The predicted octanol–water partition coefficient (Wildman–Crippen LogP) is 2.15. The third-order valence-corrected chi connectivity index (χ3v) is 3.97. The molecule has 0 spiro atoms. The van der Waals surface area contributed by atoms with E-state index in [0.29, 0.717) is 42.6 Å². The van der Waals surface area contributed by atoms with E-state index in [1.807, 2.05) is 6.07 Å². The lowest BCUT2D eigenvalue weighted by molar-refractivity contribution is -0.141. The normalized spacial score (nSPS) is 19.1. The van der Waals surface area contributed by atoms with Crippen LogP contribution in [0.2, 0.25) is 10.0 Å². The second-order valence-electron chi connectivity index (χ2n) is 4.73. The molecular formula is C14H17Cl2NO3. The summed E-state index contributed by atoms with van der Waals surface area (Å²) in [6.07, 6.45) is 0.919. The number of ether oxygens (including phenoxy) is 1. The first kappa shape index (κ1) is 15.6. The molecule has 0 aromatic heterocycles. The number of aliphatic hydroxyl groups is 1. The van der Waals surface area contributed by atoms with Gasteiger partial charge in [0.2, 0.25) is 5.91 Å². The number of nitrogens with zero attached hydrogens (tertiary/aromatic N) is 1. The molecule has 1 aromatic carbocycles. The highest BCUT2D eigenvalue weighted by Gasteiger charge is 2.26. The van der Waals surface area contributed by atoms with Gasteiger partial charge in [-0.1, -0.05) is 29.3 Å². The number of aryl methyl sites for hydroxylation is 1. The van der Waals surface area contributed by atoms with E-state index < -0.39 is 0 Å². The van der Waals surface area contributed by atoms with E-state index in [1.54, 1.807) is 17.0 Å². The van der Waals surface area contributed by atoms with E-state index in [0.717, 1.165) is 5.56 Å². The van der Waals surface area contributed by atoms with E-state index in [9.17, 15) is 9.90 Å². The van der Waals surface area contributed by atoms with Gasteiger partial charge >= 0.3 is 0 Å². The fourth-order valence-corrected chi connectivity index (χ4v) is 2.75. The van der Waals surface area contributed by atoms with Gasteiger partial charge in [-0.05, 0) is 24.1 Å². The molecule has 2 rings (SSSR count). The topological polar surface area (TPSA) is 49.8 Å². The molecule has 0 bridgehead atoms. The Balaban J connectivity index is 1.94. The van der Waals surface area contributed by atoms with Crippen molar-refractivity contribution < 1.29 is 14.6 Å². The van der Waals surface area contributed by atoms with Crippen LogP contribution in [0.3, 0.4) is 0 Å². The van der Waals surface area contributed by atoms with Crippen LogP contribution in [0.5, 0.6) is 0 Å². The van der Waals surface area contributed by atoms with Crippen molar-refractivity contribution >= 4 is 29.1 Å². The summed E-state index contributed by atoms with van der Waals surface area (Å²) in [5.41, 5.74) is 0.901. The van der Waals surface area contributed by atoms with Crippen molar-refractivity contribution in [3.05, 3.63) is 33.8 Å². The van der Waals surface area contributed by atoms with E-state index in [2.05, 4.69) is 0 Å². The van der Waals surface area contributed by atoms with E-state index in [1.165, 1.54) is 0 Å². The summed E-state index contributed by atoms with van der Waals surface area (Å²) in [4.78, 5) is 13.9. The Bertz CT molecular complexity index is 481. The maximum atomic E-state index is 12.2. The summed E-state index contributed by atoms with van der Waals surface area (Å²) in [7, 11) is 0. The van der Waals surface area contributed by atoms with Crippen LogP contribution in [0.25, 0.3) is 0 Å². The number of rotatable bonds is 4. The first-order valence-electron chi connectivity index (χ1n) is 6.54. The predicted molar refractivity (Wildman–Crippen MR) is 78.2 cm³/mol. The lowest BCUT2D eigenvalue weighted by atomic mass is 10.1. The maximum absolute atomic E-state index is 12.2. The third-order valence-electron chi connectivity index (χ3n) is 3.38. The summed E-state index contributed by atoms with van der Waals surface area (Å²) >= 11 is 11.9. The van der Waals surface area contributed by atoms with Crippen LogP contribution in [-0.2, 0) is 16.0 Å². The molecular weight excluding hydrogens is 301 g/mol. The number of morpholine rings is 1. The molecule has 110 valence electrons. The Morgan fingerprint density at radius 2 is 2.25 bits per heavy atom. The number of aliphatic hydroxyl groups excluding tert-OH is 1. The number of carbonyl (C=O) groups excluding carboxylic acids is 1. The lowest BCUT2D eigenvalue weighted by Gasteiger charge is -2.34. The fourth-order valence-electron chi connectivity index (χ4n) is 2.24. The average Bonchev–Trinajstić information content (AvgIpc) is 2.46. The first-order valence-corrected chi connectivity index (χ1v) is 7.29. The molecule has 1 atom stereocenters. The summed E-state index contributed by atoms with van der Waals surface area (Å²) in [5.74, 6) is 0.0124. The van der Waals surface area contributed by atoms with Crippen LogP contribution < -0.4 is 0 Å². The molecule has 1 amide bonds. The van der Waals surface area contributed by atoms with Gasteiger partial charge in [-0.3, -0.25) is 4.79 Å². The first-order chi connectivity index (χ1) is 9.61.